The van der Waals surface area contributed by atoms with Crippen LogP contribution in [0.15, 0.2) is 0 Å². The van der Waals surface area contributed by atoms with E-state index in [4.69, 9.17) is 4.74 Å². The first kappa shape index (κ1) is 13.9. The second kappa shape index (κ2) is 5.02. The third-order valence-corrected chi connectivity index (χ3v) is 4.65. The van der Waals surface area contributed by atoms with Gasteiger partial charge in [-0.15, -0.1) is 0 Å². The number of hydrogen-bond acceptors (Lipinski definition) is 3. The van der Waals surface area contributed by atoms with E-state index in [1.807, 2.05) is 4.90 Å². The summed E-state index contributed by atoms with van der Waals surface area (Å²) in [7, 11) is 0. The predicted octanol–water partition coefficient (Wildman–Crippen LogP) is 1.07. The van der Waals surface area contributed by atoms with Crippen LogP contribution in [-0.2, 0) is 14.3 Å². The van der Waals surface area contributed by atoms with Crippen LogP contribution in [0.3, 0.4) is 0 Å². The highest BCUT2D eigenvalue weighted by Crippen LogP contribution is 2.36. The third-order valence-electron chi connectivity index (χ3n) is 4.65. The van der Waals surface area contributed by atoms with E-state index in [0.717, 1.165) is 25.7 Å². The lowest BCUT2D eigenvalue weighted by Crippen LogP contribution is -2.53. The van der Waals surface area contributed by atoms with Crippen molar-refractivity contribution in [2.45, 2.75) is 63.6 Å². The van der Waals surface area contributed by atoms with E-state index >= 15 is 0 Å². The SMILES string of the molecule is CC1(C)CC(N2CCC(=O)NC(C3CC3)C2=O)CCO1. The summed E-state index contributed by atoms with van der Waals surface area (Å²) >= 11 is 0. The first-order valence-electron chi connectivity index (χ1n) is 7.70. The highest BCUT2D eigenvalue weighted by molar-refractivity contribution is 5.90. The summed E-state index contributed by atoms with van der Waals surface area (Å²) in [6.07, 6.45) is 4.27. The Kier molecular flexibility index (Phi) is 3.48. The fraction of sp³-hybridized carbons (Fsp3) is 0.867. The van der Waals surface area contributed by atoms with Crippen molar-refractivity contribution in [3.05, 3.63) is 0 Å². The maximum atomic E-state index is 12.8. The summed E-state index contributed by atoms with van der Waals surface area (Å²) in [5.41, 5.74) is -0.179. The van der Waals surface area contributed by atoms with E-state index in [2.05, 4.69) is 19.2 Å². The Hall–Kier alpha value is -1.10. The Morgan fingerprint density at radius 3 is 2.65 bits per heavy atom. The molecule has 2 saturated heterocycles. The molecule has 3 aliphatic rings. The van der Waals surface area contributed by atoms with Gasteiger partial charge in [-0.3, -0.25) is 9.59 Å². The van der Waals surface area contributed by atoms with Gasteiger partial charge in [0.1, 0.15) is 6.04 Å². The highest BCUT2D eigenvalue weighted by Gasteiger charge is 2.44. The zero-order valence-corrected chi connectivity index (χ0v) is 12.4. The monoisotopic (exact) mass is 280 g/mol. The molecule has 2 aliphatic heterocycles. The fourth-order valence-electron chi connectivity index (χ4n) is 3.40. The van der Waals surface area contributed by atoms with Crippen LogP contribution in [0.2, 0.25) is 0 Å². The van der Waals surface area contributed by atoms with E-state index in [-0.39, 0.29) is 29.5 Å². The van der Waals surface area contributed by atoms with Crippen molar-refractivity contribution in [3.63, 3.8) is 0 Å². The van der Waals surface area contributed by atoms with Crippen molar-refractivity contribution in [1.29, 1.82) is 0 Å². The first-order chi connectivity index (χ1) is 9.46. The molecule has 1 N–H and O–H groups in total. The van der Waals surface area contributed by atoms with Gasteiger partial charge in [0.15, 0.2) is 0 Å². The van der Waals surface area contributed by atoms with E-state index < -0.39 is 0 Å². The molecule has 2 amide bonds. The van der Waals surface area contributed by atoms with Gasteiger partial charge in [-0.2, -0.15) is 0 Å². The van der Waals surface area contributed by atoms with Gasteiger partial charge in [-0.1, -0.05) is 0 Å². The van der Waals surface area contributed by atoms with Crippen molar-refractivity contribution >= 4 is 11.8 Å². The minimum Gasteiger partial charge on any atom is -0.375 e. The summed E-state index contributed by atoms with van der Waals surface area (Å²) in [4.78, 5) is 26.5. The molecule has 20 heavy (non-hydrogen) atoms. The first-order valence-corrected chi connectivity index (χ1v) is 7.70. The number of carbonyl (C=O) groups is 2. The highest BCUT2D eigenvalue weighted by atomic mass is 16.5. The molecule has 3 fully saturated rings. The molecule has 0 bridgehead atoms. The Labute approximate surface area is 120 Å². The molecule has 1 saturated carbocycles. The van der Waals surface area contributed by atoms with Gasteiger partial charge in [-0.25, -0.2) is 0 Å². The number of carbonyl (C=O) groups excluding carboxylic acids is 2. The van der Waals surface area contributed by atoms with Gasteiger partial charge >= 0.3 is 0 Å². The smallest absolute Gasteiger partial charge is 0.245 e. The average Bonchev–Trinajstić information content (AvgIpc) is 3.18. The standard InChI is InChI=1S/C15H24N2O3/c1-15(2)9-11(6-8-20-15)17-7-5-12(18)16-13(14(17)19)10-3-4-10/h10-11,13H,3-9H2,1-2H3,(H,16,18). The van der Waals surface area contributed by atoms with E-state index in [1.54, 1.807) is 0 Å². The molecule has 2 unspecified atom stereocenters. The normalized spacial score (nSPS) is 34.6. The number of rotatable bonds is 2. The number of ether oxygens (including phenoxy) is 1. The van der Waals surface area contributed by atoms with Crippen LogP contribution in [0.25, 0.3) is 0 Å². The van der Waals surface area contributed by atoms with Gasteiger partial charge in [0.05, 0.1) is 5.60 Å². The van der Waals surface area contributed by atoms with Crippen LogP contribution in [0.5, 0.6) is 0 Å². The third kappa shape index (κ3) is 2.82. The molecule has 0 aromatic rings. The Balaban J connectivity index is 1.76. The number of nitrogens with one attached hydrogen (secondary N) is 1. The molecular weight excluding hydrogens is 256 g/mol. The van der Waals surface area contributed by atoms with Crippen LogP contribution in [0, 0.1) is 5.92 Å². The van der Waals surface area contributed by atoms with Crippen molar-refractivity contribution in [2.75, 3.05) is 13.2 Å². The molecule has 1 aliphatic carbocycles. The molecular formula is C15H24N2O3. The number of nitrogens with zero attached hydrogens (tertiary/aromatic N) is 1. The molecule has 0 aromatic heterocycles. The Bertz CT molecular complexity index is 417. The molecule has 0 radical (unpaired) electrons. The van der Waals surface area contributed by atoms with Crippen LogP contribution in [-0.4, -0.2) is 47.6 Å². The quantitative estimate of drug-likeness (QED) is 0.823. The maximum Gasteiger partial charge on any atom is 0.245 e. The topological polar surface area (TPSA) is 58.6 Å². The summed E-state index contributed by atoms with van der Waals surface area (Å²) in [6.45, 7) is 5.39. The average molecular weight is 280 g/mol. The lowest BCUT2D eigenvalue weighted by Gasteiger charge is -2.41. The van der Waals surface area contributed by atoms with Crippen molar-refractivity contribution in [3.8, 4) is 0 Å². The van der Waals surface area contributed by atoms with Gasteiger partial charge in [0, 0.05) is 25.6 Å². The van der Waals surface area contributed by atoms with Crippen LogP contribution in [0.4, 0.5) is 0 Å². The minimum absolute atomic E-state index is 0.0177. The van der Waals surface area contributed by atoms with Crippen LogP contribution in [0.1, 0.15) is 46.0 Å². The molecule has 112 valence electrons. The summed E-state index contributed by atoms with van der Waals surface area (Å²) in [6, 6.07) is -0.0730. The molecule has 0 spiro atoms. The van der Waals surface area contributed by atoms with Crippen LogP contribution >= 0.6 is 0 Å². The van der Waals surface area contributed by atoms with Gasteiger partial charge in [0.2, 0.25) is 11.8 Å². The molecule has 2 heterocycles. The predicted molar refractivity (Wildman–Crippen MR) is 74.0 cm³/mol. The Morgan fingerprint density at radius 1 is 1.25 bits per heavy atom. The van der Waals surface area contributed by atoms with E-state index in [1.165, 1.54) is 0 Å². The fourth-order valence-corrected chi connectivity index (χ4v) is 3.40. The van der Waals surface area contributed by atoms with Gasteiger partial charge in [0.25, 0.3) is 0 Å². The minimum atomic E-state index is -0.282. The van der Waals surface area contributed by atoms with Crippen molar-refractivity contribution < 1.29 is 14.3 Å². The van der Waals surface area contributed by atoms with Crippen LogP contribution < -0.4 is 5.32 Å². The molecule has 0 aromatic carbocycles. The second-order valence-electron chi connectivity index (χ2n) is 6.92. The molecule has 3 rings (SSSR count). The van der Waals surface area contributed by atoms with E-state index in [0.29, 0.717) is 25.5 Å². The van der Waals surface area contributed by atoms with Gasteiger partial charge in [-0.05, 0) is 45.4 Å². The van der Waals surface area contributed by atoms with Crippen molar-refractivity contribution in [1.82, 2.24) is 10.2 Å². The van der Waals surface area contributed by atoms with E-state index in [9.17, 15) is 9.59 Å². The summed E-state index contributed by atoms with van der Waals surface area (Å²) in [5, 5.41) is 2.92. The lowest BCUT2D eigenvalue weighted by atomic mass is 9.92. The maximum absolute atomic E-state index is 12.8. The lowest BCUT2D eigenvalue weighted by molar-refractivity contribution is -0.142. The molecule has 2 atom stereocenters. The zero-order valence-electron chi connectivity index (χ0n) is 12.4. The molecule has 5 nitrogen and oxygen atoms in total. The number of hydrogen-bond donors (Lipinski definition) is 1. The second-order valence-corrected chi connectivity index (χ2v) is 6.92. The Morgan fingerprint density at radius 2 is 2.00 bits per heavy atom. The summed E-state index contributed by atoms with van der Waals surface area (Å²) < 4.78 is 5.74. The zero-order chi connectivity index (χ0) is 14.3. The van der Waals surface area contributed by atoms with Gasteiger partial charge < -0.3 is 15.0 Å². The molecule has 5 heteroatoms. The van der Waals surface area contributed by atoms with Crippen molar-refractivity contribution in [2.24, 2.45) is 5.92 Å². The number of amides is 2. The summed E-state index contributed by atoms with van der Waals surface area (Å²) in [5.74, 6) is 0.505. The largest absolute Gasteiger partial charge is 0.375 e.